The molecule has 2 unspecified atom stereocenters. The molecule has 0 spiro atoms. The fourth-order valence-electron chi connectivity index (χ4n) is 3.70. The highest BCUT2D eigenvalue weighted by atomic mass is 32.2. The number of aryl methyl sites for hydroxylation is 1. The number of furan rings is 1. The van der Waals surface area contributed by atoms with Gasteiger partial charge in [-0.25, -0.2) is 0 Å². The molecule has 1 heterocycles. The van der Waals surface area contributed by atoms with Crippen molar-refractivity contribution in [1.29, 1.82) is 0 Å². The Kier molecular flexibility index (Phi) is 12.9. The number of nitrogens with one attached hydrogen (secondary N) is 2. The molecule has 2 atom stereocenters. The SMILES string of the molecule is CCCCC(NCC(CC(C)C)NC(=O)COc1cccc(C)c1)C(=O)CSCc1ccco1. The number of Topliss-reactive ketones (excluding diaryl/α,β-unsaturated/α-hetero) is 1. The Morgan fingerprint density at radius 1 is 1.18 bits per heavy atom. The Hall–Kier alpha value is -2.25. The van der Waals surface area contributed by atoms with E-state index in [9.17, 15) is 9.59 Å². The monoisotopic (exact) mass is 488 g/mol. The summed E-state index contributed by atoms with van der Waals surface area (Å²) in [5.41, 5.74) is 1.09. The van der Waals surface area contributed by atoms with Gasteiger partial charge >= 0.3 is 0 Å². The van der Waals surface area contributed by atoms with Crippen LogP contribution in [0.2, 0.25) is 0 Å². The summed E-state index contributed by atoms with van der Waals surface area (Å²) in [6.07, 6.45) is 5.30. The first-order valence-electron chi connectivity index (χ1n) is 12.2. The van der Waals surface area contributed by atoms with Crippen molar-refractivity contribution in [2.24, 2.45) is 5.92 Å². The largest absolute Gasteiger partial charge is 0.484 e. The van der Waals surface area contributed by atoms with E-state index in [-0.39, 0.29) is 30.4 Å². The third-order valence-electron chi connectivity index (χ3n) is 5.39. The van der Waals surface area contributed by atoms with Gasteiger partial charge < -0.3 is 19.8 Å². The zero-order valence-corrected chi connectivity index (χ0v) is 21.8. The van der Waals surface area contributed by atoms with Crippen LogP contribution in [0.3, 0.4) is 0 Å². The van der Waals surface area contributed by atoms with Crippen molar-refractivity contribution in [3.8, 4) is 5.75 Å². The van der Waals surface area contributed by atoms with E-state index in [1.807, 2.05) is 43.3 Å². The van der Waals surface area contributed by atoms with Crippen LogP contribution in [-0.2, 0) is 15.3 Å². The number of thioether (sulfide) groups is 1. The number of benzene rings is 1. The summed E-state index contributed by atoms with van der Waals surface area (Å²) in [5, 5.41) is 6.54. The van der Waals surface area contributed by atoms with Gasteiger partial charge in [-0.05, 0) is 55.5 Å². The minimum absolute atomic E-state index is 0.0281. The number of rotatable bonds is 17. The van der Waals surface area contributed by atoms with Gasteiger partial charge in [-0.3, -0.25) is 9.59 Å². The van der Waals surface area contributed by atoms with E-state index in [1.165, 1.54) is 0 Å². The first-order valence-corrected chi connectivity index (χ1v) is 13.4. The molecule has 1 aromatic carbocycles. The standard InChI is InChI=1S/C27H40N2O4S/c1-5-6-12-25(26(30)19-34-18-24-11-8-13-32-24)28-16-22(14-20(2)3)29-27(31)17-33-23-10-7-9-21(4)15-23/h7-11,13,15,20,22,25,28H,5-6,12,14,16-19H2,1-4H3,(H,29,31). The Bertz CT molecular complexity index is 854. The Morgan fingerprint density at radius 2 is 2.00 bits per heavy atom. The van der Waals surface area contributed by atoms with Crippen molar-refractivity contribution in [2.45, 2.75) is 71.2 Å². The summed E-state index contributed by atoms with van der Waals surface area (Å²) in [6, 6.07) is 11.2. The lowest BCUT2D eigenvalue weighted by molar-refractivity contribution is -0.123. The lowest BCUT2D eigenvalue weighted by atomic mass is 10.0. The number of amides is 1. The second-order valence-corrected chi connectivity index (χ2v) is 10.1. The molecular formula is C27H40N2O4S. The number of ether oxygens (including phenoxy) is 1. The van der Waals surface area contributed by atoms with Gasteiger partial charge in [0.2, 0.25) is 0 Å². The van der Waals surface area contributed by atoms with Gasteiger partial charge in [0.25, 0.3) is 5.91 Å². The number of hydrogen-bond acceptors (Lipinski definition) is 6. The fraction of sp³-hybridized carbons (Fsp3) is 0.556. The summed E-state index contributed by atoms with van der Waals surface area (Å²) >= 11 is 1.57. The van der Waals surface area contributed by atoms with Crippen LogP contribution in [0.1, 0.15) is 57.8 Å². The summed E-state index contributed by atoms with van der Waals surface area (Å²) in [4.78, 5) is 25.5. The van der Waals surface area contributed by atoms with Crippen molar-refractivity contribution in [3.63, 3.8) is 0 Å². The van der Waals surface area contributed by atoms with Gasteiger partial charge in [0.05, 0.1) is 23.8 Å². The predicted molar refractivity (Wildman–Crippen MR) is 139 cm³/mol. The molecule has 6 nitrogen and oxygen atoms in total. The predicted octanol–water partition coefficient (Wildman–Crippen LogP) is 5.15. The van der Waals surface area contributed by atoms with E-state index >= 15 is 0 Å². The molecule has 0 saturated heterocycles. The van der Waals surface area contributed by atoms with Crippen molar-refractivity contribution in [2.75, 3.05) is 18.9 Å². The zero-order valence-electron chi connectivity index (χ0n) is 21.0. The molecule has 0 radical (unpaired) electrons. The van der Waals surface area contributed by atoms with Crippen LogP contribution in [0.4, 0.5) is 0 Å². The van der Waals surface area contributed by atoms with Crippen LogP contribution in [-0.4, -0.2) is 42.7 Å². The first kappa shape index (κ1) is 28.0. The topological polar surface area (TPSA) is 80.6 Å². The van der Waals surface area contributed by atoms with E-state index in [4.69, 9.17) is 9.15 Å². The van der Waals surface area contributed by atoms with Crippen LogP contribution < -0.4 is 15.4 Å². The van der Waals surface area contributed by atoms with Gasteiger partial charge in [0.1, 0.15) is 11.5 Å². The number of ketones is 1. The van der Waals surface area contributed by atoms with Crippen LogP contribution in [0, 0.1) is 12.8 Å². The lowest BCUT2D eigenvalue weighted by Crippen LogP contribution is -2.49. The van der Waals surface area contributed by atoms with Crippen molar-refractivity contribution < 1.29 is 18.7 Å². The fourth-order valence-corrected chi connectivity index (χ4v) is 4.57. The van der Waals surface area contributed by atoms with Crippen molar-refractivity contribution in [3.05, 3.63) is 54.0 Å². The number of hydrogen-bond donors (Lipinski definition) is 2. The maximum Gasteiger partial charge on any atom is 0.258 e. The number of unbranched alkanes of at least 4 members (excludes halogenated alkanes) is 1. The minimum Gasteiger partial charge on any atom is -0.484 e. The van der Waals surface area contributed by atoms with Crippen molar-refractivity contribution >= 4 is 23.5 Å². The third-order valence-corrected chi connectivity index (χ3v) is 6.37. The summed E-state index contributed by atoms with van der Waals surface area (Å²) in [5.74, 6) is 3.15. The van der Waals surface area contributed by atoms with E-state index in [1.54, 1.807) is 18.0 Å². The number of carbonyl (C=O) groups is 2. The molecule has 188 valence electrons. The molecule has 0 aliphatic rings. The third kappa shape index (κ3) is 11.3. The molecule has 7 heteroatoms. The molecule has 2 rings (SSSR count). The summed E-state index contributed by atoms with van der Waals surface area (Å²) in [6.45, 7) is 8.91. The maximum atomic E-state index is 12.9. The average Bonchev–Trinajstić information content (AvgIpc) is 3.31. The van der Waals surface area contributed by atoms with Gasteiger partial charge in [-0.1, -0.05) is 45.7 Å². The van der Waals surface area contributed by atoms with Gasteiger partial charge in [-0.15, -0.1) is 11.8 Å². The molecule has 0 aliphatic carbocycles. The summed E-state index contributed by atoms with van der Waals surface area (Å²) < 4.78 is 11.0. The molecule has 0 saturated carbocycles. The second-order valence-electron chi connectivity index (χ2n) is 9.14. The highest BCUT2D eigenvalue weighted by molar-refractivity contribution is 7.99. The first-order chi connectivity index (χ1) is 16.4. The average molecular weight is 489 g/mol. The molecule has 2 N–H and O–H groups in total. The Morgan fingerprint density at radius 3 is 2.68 bits per heavy atom. The van der Waals surface area contributed by atoms with E-state index in [2.05, 4.69) is 31.4 Å². The highest BCUT2D eigenvalue weighted by Crippen LogP contribution is 2.15. The van der Waals surface area contributed by atoms with Gasteiger partial charge in [0, 0.05) is 12.6 Å². The van der Waals surface area contributed by atoms with E-state index in [0.717, 1.165) is 37.0 Å². The Labute approximate surface area is 208 Å². The smallest absolute Gasteiger partial charge is 0.258 e. The van der Waals surface area contributed by atoms with Gasteiger partial charge in [-0.2, -0.15) is 0 Å². The second kappa shape index (κ2) is 15.6. The molecular weight excluding hydrogens is 448 g/mol. The summed E-state index contributed by atoms with van der Waals surface area (Å²) in [7, 11) is 0. The minimum atomic E-state index is -0.209. The van der Waals surface area contributed by atoms with Crippen molar-refractivity contribution in [1.82, 2.24) is 10.6 Å². The van der Waals surface area contributed by atoms with E-state index < -0.39 is 0 Å². The molecule has 0 fully saturated rings. The molecule has 1 aromatic heterocycles. The molecule has 0 bridgehead atoms. The zero-order chi connectivity index (χ0) is 24.8. The molecule has 34 heavy (non-hydrogen) atoms. The van der Waals surface area contributed by atoms with Crippen LogP contribution in [0.25, 0.3) is 0 Å². The normalized spacial score (nSPS) is 13.0. The van der Waals surface area contributed by atoms with Crippen LogP contribution in [0.5, 0.6) is 5.75 Å². The van der Waals surface area contributed by atoms with Crippen LogP contribution in [0.15, 0.2) is 47.1 Å². The van der Waals surface area contributed by atoms with Gasteiger partial charge in [0.15, 0.2) is 12.4 Å². The number of carbonyl (C=O) groups excluding carboxylic acids is 2. The molecule has 2 aromatic rings. The maximum absolute atomic E-state index is 12.9. The van der Waals surface area contributed by atoms with Crippen LogP contribution >= 0.6 is 11.8 Å². The molecule has 0 aliphatic heterocycles. The highest BCUT2D eigenvalue weighted by Gasteiger charge is 2.21. The lowest BCUT2D eigenvalue weighted by Gasteiger charge is -2.25. The van der Waals surface area contributed by atoms with E-state index in [0.29, 0.717) is 29.7 Å². The molecule has 1 amide bonds. The quantitative estimate of drug-likeness (QED) is 0.321. The Balaban J connectivity index is 1.86.